The number of hydrogen-bond donors (Lipinski definition) is 0. The molecule has 1 saturated carbocycles. The molecule has 1 aliphatic carbocycles. The van der Waals surface area contributed by atoms with Crippen LogP contribution in [0.2, 0.25) is 0 Å². The van der Waals surface area contributed by atoms with Crippen LogP contribution in [0.15, 0.2) is 48.8 Å². The lowest BCUT2D eigenvalue weighted by molar-refractivity contribution is 0.0660. The molecule has 0 bridgehead atoms. The van der Waals surface area contributed by atoms with Crippen molar-refractivity contribution in [3.05, 3.63) is 71.6 Å². The molecule has 1 amide bonds. The molecule has 0 radical (unpaired) electrons. The fourth-order valence-electron chi connectivity index (χ4n) is 3.66. The van der Waals surface area contributed by atoms with E-state index >= 15 is 0 Å². The summed E-state index contributed by atoms with van der Waals surface area (Å²) in [5, 5.41) is 11.0. The third kappa shape index (κ3) is 3.62. The fourth-order valence-corrected chi connectivity index (χ4v) is 3.66. The van der Waals surface area contributed by atoms with E-state index in [4.69, 9.17) is 0 Å². The number of hydrogen-bond acceptors (Lipinski definition) is 4. The number of amides is 1. The number of rotatable bonds is 5. The van der Waals surface area contributed by atoms with Crippen LogP contribution in [0.3, 0.4) is 0 Å². The minimum atomic E-state index is -0.641. The van der Waals surface area contributed by atoms with Crippen LogP contribution in [-0.4, -0.2) is 37.1 Å². The highest BCUT2D eigenvalue weighted by molar-refractivity contribution is 5.95. The Balaban J connectivity index is 1.67. The highest BCUT2D eigenvalue weighted by atomic mass is 19.1. The molecule has 2 aromatic carbocycles. The van der Waals surface area contributed by atoms with Gasteiger partial charge >= 0.3 is 0 Å². The van der Waals surface area contributed by atoms with Crippen LogP contribution in [0.25, 0.3) is 5.69 Å². The zero-order chi connectivity index (χ0) is 19.5. The molecule has 8 heteroatoms. The SMILES string of the molecule is O=C(c1cccc(-n2cnnn2)c1)N(Cc1c(F)cccc1F)C1CCCC1. The van der Waals surface area contributed by atoms with Gasteiger partial charge in [0.15, 0.2) is 0 Å². The summed E-state index contributed by atoms with van der Waals surface area (Å²) in [6, 6.07) is 10.6. The first-order chi connectivity index (χ1) is 13.6. The van der Waals surface area contributed by atoms with E-state index in [2.05, 4.69) is 15.5 Å². The Labute approximate surface area is 160 Å². The van der Waals surface area contributed by atoms with Gasteiger partial charge in [-0.2, -0.15) is 0 Å². The van der Waals surface area contributed by atoms with Gasteiger partial charge in [-0.05, 0) is 53.6 Å². The van der Waals surface area contributed by atoms with E-state index in [0.717, 1.165) is 25.7 Å². The lowest BCUT2D eigenvalue weighted by Gasteiger charge is -2.29. The summed E-state index contributed by atoms with van der Waals surface area (Å²) in [6.45, 7) is -0.100. The van der Waals surface area contributed by atoms with Crippen molar-refractivity contribution in [1.82, 2.24) is 25.1 Å². The Morgan fingerprint density at radius 1 is 1.11 bits per heavy atom. The van der Waals surface area contributed by atoms with Crippen LogP contribution >= 0.6 is 0 Å². The lowest BCUT2D eigenvalue weighted by atomic mass is 10.1. The van der Waals surface area contributed by atoms with Crippen molar-refractivity contribution in [3.63, 3.8) is 0 Å². The van der Waals surface area contributed by atoms with Crippen molar-refractivity contribution in [1.29, 1.82) is 0 Å². The molecular weight excluding hydrogens is 364 g/mol. The summed E-state index contributed by atoms with van der Waals surface area (Å²) in [5.74, 6) is -1.54. The second-order valence-corrected chi connectivity index (χ2v) is 6.88. The predicted octanol–water partition coefficient (Wildman–Crippen LogP) is 3.53. The van der Waals surface area contributed by atoms with Crippen LogP contribution < -0.4 is 0 Å². The topological polar surface area (TPSA) is 63.9 Å². The molecule has 0 saturated heterocycles. The molecule has 0 spiro atoms. The highest BCUT2D eigenvalue weighted by Crippen LogP contribution is 2.28. The van der Waals surface area contributed by atoms with Gasteiger partial charge < -0.3 is 4.90 Å². The van der Waals surface area contributed by atoms with E-state index in [-0.39, 0.29) is 24.1 Å². The maximum absolute atomic E-state index is 14.2. The average molecular weight is 383 g/mol. The van der Waals surface area contributed by atoms with Gasteiger partial charge in [0.2, 0.25) is 0 Å². The Morgan fingerprint density at radius 2 is 1.82 bits per heavy atom. The lowest BCUT2D eigenvalue weighted by Crippen LogP contribution is -2.38. The molecule has 4 rings (SSSR count). The summed E-state index contributed by atoms with van der Waals surface area (Å²) in [4.78, 5) is 14.9. The number of aromatic nitrogens is 4. The summed E-state index contributed by atoms with van der Waals surface area (Å²) in [6.07, 6.45) is 5.09. The molecular formula is C20H19F2N5O. The van der Waals surface area contributed by atoms with Gasteiger partial charge in [0.05, 0.1) is 12.2 Å². The van der Waals surface area contributed by atoms with E-state index in [9.17, 15) is 13.6 Å². The third-order valence-corrected chi connectivity index (χ3v) is 5.12. The zero-order valence-corrected chi connectivity index (χ0v) is 15.1. The molecule has 1 aromatic heterocycles. The van der Waals surface area contributed by atoms with Gasteiger partial charge in [0.25, 0.3) is 5.91 Å². The number of benzene rings is 2. The van der Waals surface area contributed by atoms with Crippen LogP contribution in [0.4, 0.5) is 8.78 Å². The number of carbonyl (C=O) groups is 1. The minimum absolute atomic E-state index is 0.0387. The number of tetrazole rings is 1. The van der Waals surface area contributed by atoms with Gasteiger partial charge in [-0.1, -0.05) is 25.0 Å². The van der Waals surface area contributed by atoms with Crippen LogP contribution in [0.5, 0.6) is 0 Å². The van der Waals surface area contributed by atoms with Crippen molar-refractivity contribution >= 4 is 5.91 Å². The van der Waals surface area contributed by atoms with E-state index in [1.165, 1.54) is 29.2 Å². The van der Waals surface area contributed by atoms with Crippen molar-refractivity contribution < 1.29 is 13.6 Å². The summed E-state index contributed by atoms with van der Waals surface area (Å²) in [7, 11) is 0. The average Bonchev–Trinajstić information content (AvgIpc) is 3.42. The Morgan fingerprint density at radius 3 is 2.50 bits per heavy atom. The number of halogens is 2. The van der Waals surface area contributed by atoms with Gasteiger partial charge in [-0.15, -0.1) is 5.10 Å². The van der Waals surface area contributed by atoms with E-state index in [0.29, 0.717) is 11.3 Å². The first-order valence-electron chi connectivity index (χ1n) is 9.21. The van der Waals surface area contributed by atoms with Crippen molar-refractivity contribution in [2.24, 2.45) is 0 Å². The summed E-state index contributed by atoms with van der Waals surface area (Å²) in [5.41, 5.74) is 0.982. The maximum Gasteiger partial charge on any atom is 0.254 e. The largest absolute Gasteiger partial charge is 0.331 e. The quantitative estimate of drug-likeness (QED) is 0.676. The Kier molecular flexibility index (Phi) is 5.10. The molecule has 1 heterocycles. The molecule has 0 unspecified atom stereocenters. The first kappa shape index (κ1) is 18.2. The second-order valence-electron chi connectivity index (χ2n) is 6.88. The van der Waals surface area contributed by atoms with Crippen molar-refractivity contribution in [3.8, 4) is 5.69 Å². The summed E-state index contributed by atoms with van der Waals surface area (Å²) >= 11 is 0. The summed E-state index contributed by atoms with van der Waals surface area (Å²) < 4.78 is 29.9. The Hall–Kier alpha value is -3.16. The highest BCUT2D eigenvalue weighted by Gasteiger charge is 2.29. The molecule has 0 N–H and O–H groups in total. The Bertz CT molecular complexity index is 950. The first-order valence-corrected chi connectivity index (χ1v) is 9.21. The van der Waals surface area contributed by atoms with E-state index in [1.807, 2.05) is 0 Å². The van der Waals surface area contributed by atoms with Gasteiger partial charge in [-0.25, -0.2) is 13.5 Å². The van der Waals surface area contributed by atoms with Crippen LogP contribution in [0, 0.1) is 11.6 Å². The van der Waals surface area contributed by atoms with Crippen LogP contribution in [-0.2, 0) is 6.54 Å². The molecule has 3 aromatic rings. The smallest absolute Gasteiger partial charge is 0.254 e. The zero-order valence-electron chi connectivity index (χ0n) is 15.1. The van der Waals surface area contributed by atoms with Crippen LogP contribution in [0.1, 0.15) is 41.6 Å². The predicted molar refractivity (Wildman–Crippen MR) is 97.6 cm³/mol. The van der Waals surface area contributed by atoms with Crippen molar-refractivity contribution in [2.45, 2.75) is 38.3 Å². The number of carbonyl (C=O) groups excluding carboxylic acids is 1. The van der Waals surface area contributed by atoms with Gasteiger partial charge in [-0.3, -0.25) is 4.79 Å². The fraction of sp³-hybridized carbons (Fsp3) is 0.300. The maximum atomic E-state index is 14.2. The molecule has 6 nitrogen and oxygen atoms in total. The molecule has 1 fully saturated rings. The molecule has 1 aliphatic rings. The van der Waals surface area contributed by atoms with E-state index < -0.39 is 11.6 Å². The molecule has 0 atom stereocenters. The minimum Gasteiger partial charge on any atom is -0.331 e. The van der Waals surface area contributed by atoms with Crippen molar-refractivity contribution in [2.75, 3.05) is 0 Å². The van der Waals surface area contributed by atoms with Gasteiger partial charge in [0.1, 0.15) is 18.0 Å². The number of nitrogens with zero attached hydrogens (tertiary/aromatic N) is 5. The monoisotopic (exact) mass is 383 g/mol. The standard InChI is InChI=1S/C20H19F2N5O/c21-18-9-4-10-19(22)17(18)12-26(15-6-1-2-7-15)20(28)14-5-3-8-16(11-14)27-13-23-24-25-27/h3-5,8-11,13,15H,1-2,6-7,12H2. The van der Waals surface area contributed by atoms with Gasteiger partial charge in [0, 0.05) is 17.2 Å². The molecule has 0 aliphatic heterocycles. The normalized spacial score (nSPS) is 14.4. The van der Waals surface area contributed by atoms with E-state index in [1.54, 1.807) is 29.2 Å². The molecule has 144 valence electrons. The third-order valence-electron chi connectivity index (χ3n) is 5.12. The molecule has 28 heavy (non-hydrogen) atoms. The second kappa shape index (κ2) is 7.84.